The van der Waals surface area contributed by atoms with E-state index >= 15 is 0 Å². The Bertz CT molecular complexity index is 826. The zero-order valence-corrected chi connectivity index (χ0v) is 15.9. The topological polar surface area (TPSA) is 99.3 Å². The van der Waals surface area contributed by atoms with E-state index in [9.17, 15) is 14.9 Å². The molecule has 0 aliphatic rings. The van der Waals surface area contributed by atoms with Crippen molar-refractivity contribution in [3.63, 3.8) is 0 Å². The maximum Gasteiger partial charge on any atom is 0.269 e. The van der Waals surface area contributed by atoms with E-state index in [4.69, 9.17) is 5.26 Å². The van der Waals surface area contributed by atoms with Crippen molar-refractivity contribution in [1.82, 2.24) is 4.90 Å². The van der Waals surface area contributed by atoms with E-state index in [0.29, 0.717) is 38.0 Å². The fraction of sp³-hybridized carbons (Fsp3) is 0.333. The standard InChI is InChI=1S/C21H24N4O3/c1-2-14-24(16-18-7-5-17(15-22)6-8-18)21(26)4-3-13-23-19-9-11-20(12-10-19)25(27)28/h5-12,23H,2-4,13-14,16H2,1H3. The van der Waals surface area contributed by atoms with Gasteiger partial charge in [0.05, 0.1) is 16.6 Å². The molecule has 0 saturated carbocycles. The van der Waals surface area contributed by atoms with Crippen LogP contribution in [0.15, 0.2) is 48.5 Å². The van der Waals surface area contributed by atoms with Gasteiger partial charge in [0.2, 0.25) is 5.91 Å². The number of nitrogens with zero attached hydrogens (tertiary/aromatic N) is 3. The molecule has 7 nitrogen and oxygen atoms in total. The van der Waals surface area contributed by atoms with Crippen molar-refractivity contribution in [2.45, 2.75) is 32.7 Å². The van der Waals surface area contributed by atoms with Crippen LogP contribution in [-0.2, 0) is 11.3 Å². The first-order valence-corrected chi connectivity index (χ1v) is 9.28. The first-order chi connectivity index (χ1) is 13.5. The molecule has 0 atom stereocenters. The number of hydrogen-bond acceptors (Lipinski definition) is 5. The van der Waals surface area contributed by atoms with Gasteiger partial charge in [0.15, 0.2) is 0 Å². The highest BCUT2D eigenvalue weighted by Gasteiger charge is 2.13. The van der Waals surface area contributed by atoms with Crippen molar-refractivity contribution >= 4 is 17.3 Å². The second-order valence-corrected chi connectivity index (χ2v) is 6.46. The molecule has 0 aliphatic carbocycles. The molecule has 0 radical (unpaired) electrons. The molecule has 1 amide bonds. The molecule has 0 bridgehead atoms. The SMILES string of the molecule is CCCN(Cc1ccc(C#N)cc1)C(=O)CCCNc1ccc([N+](=O)[O-])cc1. The number of hydrogen-bond donors (Lipinski definition) is 1. The van der Waals surface area contributed by atoms with E-state index in [1.165, 1.54) is 12.1 Å². The molecule has 0 aromatic heterocycles. The third-order valence-electron chi connectivity index (χ3n) is 4.28. The Morgan fingerprint density at radius 1 is 1.18 bits per heavy atom. The van der Waals surface area contributed by atoms with E-state index < -0.39 is 4.92 Å². The average Bonchev–Trinajstić information content (AvgIpc) is 2.71. The van der Waals surface area contributed by atoms with Crippen LogP contribution in [0.4, 0.5) is 11.4 Å². The summed E-state index contributed by atoms with van der Waals surface area (Å²) in [6, 6.07) is 15.6. The van der Waals surface area contributed by atoms with E-state index in [2.05, 4.69) is 11.4 Å². The number of nitro benzene ring substituents is 1. The van der Waals surface area contributed by atoms with E-state index in [0.717, 1.165) is 17.7 Å². The molecule has 0 fully saturated rings. The van der Waals surface area contributed by atoms with Gasteiger partial charge in [-0.15, -0.1) is 0 Å². The molecule has 2 rings (SSSR count). The number of rotatable bonds is 10. The molecular formula is C21H24N4O3. The number of carbonyl (C=O) groups is 1. The van der Waals surface area contributed by atoms with Gasteiger partial charge in [0, 0.05) is 43.9 Å². The molecule has 1 N–H and O–H groups in total. The summed E-state index contributed by atoms with van der Waals surface area (Å²) in [7, 11) is 0. The molecule has 28 heavy (non-hydrogen) atoms. The molecule has 0 aliphatic heterocycles. The summed E-state index contributed by atoms with van der Waals surface area (Å²) in [6.45, 7) is 3.87. The van der Waals surface area contributed by atoms with Crippen molar-refractivity contribution in [2.24, 2.45) is 0 Å². The molecule has 7 heteroatoms. The lowest BCUT2D eigenvalue weighted by Crippen LogP contribution is -2.31. The minimum atomic E-state index is -0.432. The molecule has 0 saturated heterocycles. The van der Waals surface area contributed by atoms with Crippen LogP contribution in [0.2, 0.25) is 0 Å². The van der Waals surface area contributed by atoms with Crippen molar-refractivity contribution in [3.05, 3.63) is 69.8 Å². The Hall–Kier alpha value is -3.40. The Labute approximate surface area is 164 Å². The smallest absolute Gasteiger partial charge is 0.269 e. The summed E-state index contributed by atoms with van der Waals surface area (Å²) >= 11 is 0. The highest BCUT2D eigenvalue weighted by Crippen LogP contribution is 2.15. The van der Waals surface area contributed by atoms with Gasteiger partial charge < -0.3 is 10.2 Å². The highest BCUT2D eigenvalue weighted by molar-refractivity contribution is 5.76. The van der Waals surface area contributed by atoms with E-state index in [-0.39, 0.29) is 11.6 Å². The highest BCUT2D eigenvalue weighted by atomic mass is 16.6. The molecule has 0 heterocycles. The van der Waals surface area contributed by atoms with Gasteiger partial charge in [-0.3, -0.25) is 14.9 Å². The molecule has 0 spiro atoms. The molecule has 2 aromatic carbocycles. The van der Waals surface area contributed by atoms with Crippen LogP contribution in [0.25, 0.3) is 0 Å². The van der Waals surface area contributed by atoms with Crippen molar-refractivity contribution in [2.75, 3.05) is 18.4 Å². The quantitative estimate of drug-likeness (QED) is 0.380. The molecule has 0 unspecified atom stereocenters. The number of nitrogens with one attached hydrogen (secondary N) is 1. The summed E-state index contributed by atoms with van der Waals surface area (Å²) in [5, 5.41) is 22.7. The zero-order chi connectivity index (χ0) is 20.4. The first kappa shape index (κ1) is 20.9. The van der Waals surface area contributed by atoms with Gasteiger partial charge in [-0.1, -0.05) is 19.1 Å². The monoisotopic (exact) mass is 380 g/mol. The third kappa shape index (κ3) is 6.40. The fourth-order valence-electron chi connectivity index (χ4n) is 2.80. The number of non-ortho nitro benzene ring substituents is 1. The van der Waals surface area contributed by atoms with Crippen LogP contribution >= 0.6 is 0 Å². The average molecular weight is 380 g/mol. The van der Waals surface area contributed by atoms with Gasteiger partial charge in [-0.05, 0) is 42.7 Å². The lowest BCUT2D eigenvalue weighted by molar-refractivity contribution is -0.384. The van der Waals surface area contributed by atoms with Crippen LogP contribution < -0.4 is 5.32 Å². The Morgan fingerprint density at radius 2 is 1.86 bits per heavy atom. The lowest BCUT2D eigenvalue weighted by atomic mass is 10.1. The third-order valence-corrected chi connectivity index (χ3v) is 4.28. The number of anilines is 1. The van der Waals surface area contributed by atoms with E-state index in [1.54, 1.807) is 24.3 Å². The molecule has 146 valence electrons. The Balaban J connectivity index is 1.81. The van der Waals surface area contributed by atoms with E-state index in [1.807, 2.05) is 24.0 Å². The predicted molar refractivity (Wildman–Crippen MR) is 108 cm³/mol. The minimum absolute atomic E-state index is 0.0544. The normalized spacial score (nSPS) is 10.1. The van der Waals surface area contributed by atoms with Crippen LogP contribution in [0, 0.1) is 21.4 Å². The second kappa shape index (κ2) is 10.7. The maximum absolute atomic E-state index is 12.6. The van der Waals surface area contributed by atoms with Crippen LogP contribution in [-0.4, -0.2) is 28.8 Å². The van der Waals surface area contributed by atoms with Crippen LogP contribution in [0.5, 0.6) is 0 Å². The summed E-state index contributed by atoms with van der Waals surface area (Å²) in [6.07, 6.45) is 1.97. The maximum atomic E-state index is 12.6. The predicted octanol–water partition coefficient (Wildman–Crippen LogP) is 4.10. The summed E-state index contributed by atoms with van der Waals surface area (Å²) in [5.74, 6) is 0.0942. The number of amides is 1. The van der Waals surface area contributed by atoms with Crippen LogP contribution in [0.3, 0.4) is 0 Å². The minimum Gasteiger partial charge on any atom is -0.385 e. The van der Waals surface area contributed by atoms with Gasteiger partial charge in [-0.2, -0.15) is 5.26 Å². The number of benzene rings is 2. The lowest BCUT2D eigenvalue weighted by Gasteiger charge is -2.22. The van der Waals surface area contributed by atoms with Crippen molar-refractivity contribution in [3.8, 4) is 6.07 Å². The van der Waals surface area contributed by atoms with Crippen molar-refractivity contribution in [1.29, 1.82) is 5.26 Å². The molecule has 2 aromatic rings. The first-order valence-electron chi connectivity index (χ1n) is 9.28. The van der Waals surface area contributed by atoms with Gasteiger partial charge in [-0.25, -0.2) is 0 Å². The number of nitro groups is 1. The van der Waals surface area contributed by atoms with Crippen LogP contribution in [0.1, 0.15) is 37.3 Å². The van der Waals surface area contributed by atoms with Gasteiger partial charge >= 0.3 is 0 Å². The summed E-state index contributed by atoms with van der Waals surface area (Å²) in [4.78, 5) is 24.6. The summed E-state index contributed by atoms with van der Waals surface area (Å²) < 4.78 is 0. The molecular weight excluding hydrogens is 356 g/mol. The summed E-state index contributed by atoms with van der Waals surface area (Å²) in [5.41, 5.74) is 2.46. The fourth-order valence-corrected chi connectivity index (χ4v) is 2.80. The number of carbonyl (C=O) groups excluding carboxylic acids is 1. The van der Waals surface area contributed by atoms with Gasteiger partial charge in [0.25, 0.3) is 5.69 Å². The largest absolute Gasteiger partial charge is 0.385 e. The number of nitriles is 1. The van der Waals surface area contributed by atoms with Gasteiger partial charge in [0.1, 0.15) is 0 Å². The second-order valence-electron chi connectivity index (χ2n) is 6.46. The van der Waals surface area contributed by atoms with Crippen molar-refractivity contribution < 1.29 is 9.72 Å². The zero-order valence-electron chi connectivity index (χ0n) is 15.9. The Kier molecular flexibility index (Phi) is 7.97. The Morgan fingerprint density at radius 3 is 2.43 bits per heavy atom.